The van der Waals surface area contributed by atoms with Crippen molar-refractivity contribution in [3.63, 3.8) is 0 Å². The zero-order valence-electron chi connectivity index (χ0n) is 15.9. The van der Waals surface area contributed by atoms with E-state index >= 15 is 0 Å². The molecule has 1 atom stereocenters. The molecule has 158 valence electrons. The Morgan fingerprint density at radius 2 is 1.97 bits per heavy atom. The zero-order valence-corrected chi connectivity index (χ0v) is 15.9. The Morgan fingerprint density at radius 3 is 2.70 bits per heavy atom. The lowest BCUT2D eigenvalue weighted by Crippen LogP contribution is -2.41. The number of pyridine rings is 1. The van der Waals surface area contributed by atoms with E-state index < -0.39 is 11.9 Å². The van der Waals surface area contributed by atoms with Crippen LogP contribution in [0.2, 0.25) is 0 Å². The van der Waals surface area contributed by atoms with Gasteiger partial charge in [0.1, 0.15) is 17.3 Å². The minimum absolute atomic E-state index is 0.0305. The molecule has 2 aromatic heterocycles. The molecule has 30 heavy (non-hydrogen) atoms. The van der Waals surface area contributed by atoms with Crippen LogP contribution < -0.4 is 4.74 Å². The number of ether oxygens (including phenoxy) is 1. The summed E-state index contributed by atoms with van der Waals surface area (Å²) in [6.07, 6.45) is -2.92. The molecule has 0 aliphatic carbocycles. The summed E-state index contributed by atoms with van der Waals surface area (Å²) in [5.41, 5.74) is 0.608. The smallest absolute Gasteiger partial charge is 0.433 e. The lowest BCUT2D eigenvalue weighted by molar-refractivity contribution is -0.141. The van der Waals surface area contributed by atoms with Crippen LogP contribution in [0.25, 0.3) is 11.0 Å². The number of nitrogens with zero attached hydrogens (tertiary/aromatic N) is 2. The van der Waals surface area contributed by atoms with Gasteiger partial charge in [-0.1, -0.05) is 0 Å². The van der Waals surface area contributed by atoms with Crippen molar-refractivity contribution in [3.8, 4) is 5.75 Å². The number of piperidine rings is 1. The monoisotopic (exact) mass is 421 g/mol. The average molecular weight is 421 g/mol. The predicted molar refractivity (Wildman–Crippen MR) is 102 cm³/mol. The number of amides is 1. The number of likely N-dealkylation sites (tertiary alicyclic amines) is 1. The molecule has 4 rings (SSSR count). The lowest BCUT2D eigenvalue weighted by atomic mass is 9.95. The van der Waals surface area contributed by atoms with Gasteiger partial charge < -0.3 is 14.6 Å². The number of benzene rings is 1. The van der Waals surface area contributed by atoms with E-state index in [4.69, 9.17) is 4.74 Å². The zero-order chi connectivity index (χ0) is 21.3. The van der Waals surface area contributed by atoms with Crippen LogP contribution in [0, 0.1) is 5.82 Å². The highest BCUT2D eigenvalue weighted by Crippen LogP contribution is 2.32. The highest BCUT2D eigenvalue weighted by molar-refractivity contribution is 5.78. The van der Waals surface area contributed by atoms with Crippen molar-refractivity contribution in [1.29, 1.82) is 0 Å². The van der Waals surface area contributed by atoms with Crippen molar-refractivity contribution < 1.29 is 27.1 Å². The molecule has 3 aromatic rings. The Hall–Kier alpha value is -3.10. The van der Waals surface area contributed by atoms with Crippen molar-refractivity contribution in [2.75, 3.05) is 19.7 Å². The Labute approximate surface area is 169 Å². The minimum atomic E-state index is -4.50. The van der Waals surface area contributed by atoms with Gasteiger partial charge in [-0.2, -0.15) is 13.2 Å². The summed E-state index contributed by atoms with van der Waals surface area (Å²) in [5.74, 6) is -0.210. The summed E-state index contributed by atoms with van der Waals surface area (Å²) in [4.78, 5) is 21.0. The first-order chi connectivity index (χ1) is 14.3. The van der Waals surface area contributed by atoms with Crippen LogP contribution in [0.1, 0.15) is 30.1 Å². The fourth-order valence-electron chi connectivity index (χ4n) is 3.63. The first-order valence-corrected chi connectivity index (χ1v) is 9.52. The summed E-state index contributed by atoms with van der Waals surface area (Å²) in [6.45, 7) is 0.852. The number of carbonyl (C=O) groups is 1. The Balaban J connectivity index is 1.43. The number of H-pyrrole nitrogens is 1. The van der Waals surface area contributed by atoms with Crippen LogP contribution in [-0.4, -0.2) is 40.5 Å². The van der Waals surface area contributed by atoms with Gasteiger partial charge in [-0.25, -0.2) is 9.37 Å². The molecule has 0 radical (unpaired) electrons. The standard InChI is InChI=1S/C21H19F4N3O2/c22-14-3-5-15(6-4-14)30-12-20(29)28-9-1-2-13(11-28)17-10-18-16(26-17)7-8-19(27-18)21(23,24)25/h3-8,10,13,26H,1-2,9,11-12H2/t13-/m1/s1. The van der Waals surface area contributed by atoms with E-state index in [1.165, 1.54) is 30.3 Å². The molecule has 3 heterocycles. The number of fused-ring (bicyclic) bond motifs is 1. The highest BCUT2D eigenvalue weighted by atomic mass is 19.4. The van der Waals surface area contributed by atoms with Gasteiger partial charge in [-0.05, 0) is 55.3 Å². The van der Waals surface area contributed by atoms with E-state index in [1.54, 1.807) is 11.0 Å². The average Bonchev–Trinajstić information content (AvgIpc) is 3.16. The maximum atomic E-state index is 12.9. The number of rotatable bonds is 4. The summed E-state index contributed by atoms with van der Waals surface area (Å²) in [6, 6.07) is 9.36. The van der Waals surface area contributed by atoms with E-state index in [0.29, 0.717) is 24.4 Å². The van der Waals surface area contributed by atoms with Gasteiger partial charge in [0.15, 0.2) is 6.61 Å². The molecular weight excluding hydrogens is 402 g/mol. The predicted octanol–water partition coefficient (Wildman–Crippen LogP) is 4.51. The van der Waals surface area contributed by atoms with E-state index in [1.807, 2.05) is 0 Å². The van der Waals surface area contributed by atoms with E-state index in [9.17, 15) is 22.4 Å². The first-order valence-electron chi connectivity index (χ1n) is 9.52. The number of aromatic amines is 1. The molecule has 9 heteroatoms. The number of hydrogen-bond acceptors (Lipinski definition) is 3. The second kappa shape index (κ2) is 7.97. The normalized spacial score (nSPS) is 17.3. The molecule has 1 aliphatic heterocycles. The molecule has 1 aromatic carbocycles. The van der Waals surface area contributed by atoms with Gasteiger partial charge in [-0.3, -0.25) is 4.79 Å². The van der Waals surface area contributed by atoms with Crippen LogP contribution in [-0.2, 0) is 11.0 Å². The molecule has 0 spiro atoms. The van der Waals surface area contributed by atoms with Gasteiger partial charge in [0, 0.05) is 24.7 Å². The summed E-state index contributed by atoms with van der Waals surface area (Å²) >= 11 is 0. The minimum Gasteiger partial charge on any atom is -0.484 e. The highest BCUT2D eigenvalue weighted by Gasteiger charge is 2.33. The van der Waals surface area contributed by atoms with Gasteiger partial charge >= 0.3 is 6.18 Å². The molecule has 0 bridgehead atoms. The maximum Gasteiger partial charge on any atom is 0.433 e. The van der Waals surface area contributed by atoms with Crippen molar-refractivity contribution in [3.05, 3.63) is 59.7 Å². The molecule has 0 saturated carbocycles. The van der Waals surface area contributed by atoms with Crippen molar-refractivity contribution in [2.24, 2.45) is 0 Å². The number of hydrogen-bond donors (Lipinski definition) is 1. The summed E-state index contributed by atoms with van der Waals surface area (Å²) < 4.78 is 57.0. The third kappa shape index (κ3) is 4.39. The van der Waals surface area contributed by atoms with Crippen molar-refractivity contribution >= 4 is 16.9 Å². The Bertz CT molecular complexity index is 1050. The van der Waals surface area contributed by atoms with Gasteiger partial charge in [0.25, 0.3) is 5.91 Å². The van der Waals surface area contributed by atoms with Crippen LogP contribution in [0.15, 0.2) is 42.5 Å². The maximum absolute atomic E-state index is 12.9. The van der Waals surface area contributed by atoms with Gasteiger partial charge in [0.05, 0.1) is 11.0 Å². The van der Waals surface area contributed by atoms with Gasteiger partial charge in [0.2, 0.25) is 0 Å². The second-order valence-electron chi connectivity index (χ2n) is 7.27. The molecule has 1 aliphatic rings. The largest absolute Gasteiger partial charge is 0.484 e. The lowest BCUT2D eigenvalue weighted by Gasteiger charge is -2.32. The third-order valence-electron chi connectivity index (χ3n) is 5.18. The van der Waals surface area contributed by atoms with Crippen molar-refractivity contribution in [1.82, 2.24) is 14.9 Å². The topological polar surface area (TPSA) is 58.2 Å². The van der Waals surface area contributed by atoms with Gasteiger partial charge in [-0.15, -0.1) is 0 Å². The molecular formula is C21H19F4N3O2. The van der Waals surface area contributed by atoms with Crippen LogP contribution >= 0.6 is 0 Å². The fourth-order valence-corrected chi connectivity index (χ4v) is 3.63. The number of nitrogens with one attached hydrogen (secondary N) is 1. The van der Waals surface area contributed by atoms with Crippen molar-refractivity contribution in [2.45, 2.75) is 24.9 Å². The quantitative estimate of drug-likeness (QED) is 0.631. The molecule has 1 fully saturated rings. The number of halogens is 4. The van der Waals surface area contributed by atoms with Crippen LogP contribution in [0.3, 0.4) is 0 Å². The first kappa shape index (κ1) is 20.2. The van der Waals surface area contributed by atoms with E-state index in [0.717, 1.165) is 24.6 Å². The number of alkyl halides is 3. The summed E-state index contributed by atoms with van der Waals surface area (Å²) in [7, 11) is 0. The molecule has 1 amide bonds. The number of aromatic nitrogens is 2. The van der Waals surface area contributed by atoms with E-state index in [2.05, 4.69) is 9.97 Å². The van der Waals surface area contributed by atoms with E-state index in [-0.39, 0.29) is 29.8 Å². The van der Waals surface area contributed by atoms with Crippen LogP contribution in [0.5, 0.6) is 5.75 Å². The number of carbonyl (C=O) groups excluding carboxylic acids is 1. The Morgan fingerprint density at radius 1 is 1.20 bits per heavy atom. The van der Waals surface area contributed by atoms with Crippen LogP contribution in [0.4, 0.5) is 17.6 Å². The SMILES string of the molecule is O=C(COc1ccc(F)cc1)N1CCC[C@@H](c2cc3nc(C(F)(F)F)ccc3[nH]2)C1. The fraction of sp³-hybridized carbons (Fsp3) is 0.333. The third-order valence-corrected chi connectivity index (χ3v) is 5.18. The molecule has 1 N–H and O–H groups in total. The Kier molecular flexibility index (Phi) is 5.36. The molecule has 1 saturated heterocycles. The molecule has 5 nitrogen and oxygen atoms in total. The summed E-state index contributed by atoms with van der Waals surface area (Å²) in [5, 5.41) is 0. The molecule has 0 unspecified atom stereocenters. The second-order valence-corrected chi connectivity index (χ2v) is 7.27.